The van der Waals surface area contributed by atoms with Gasteiger partial charge in [0.2, 0.25) is 0 Å². The highest BCUT2D eigenvalue weighted by Crippen LogP contribution is 2.27. The number of nitrogens with two attached hydrogens (primary N) is 1. The average Bonchev–Trinajstić information content (AvgIpc) is 2.96. The zero-order chi connectivity index (χ0) is 14.5. The predicted molar refractivity (Wildman–Crippen MR) is 84.0 cm³/mol. The fraction of sp³-hybridized carbons (Fsp3) is 0.235. The van der Waals surface area contributed by atoms with Crippen LogP contribution in [0.3, 0.4) is 0 Å². The van der Waals surface area contributed by atoms with Gasteiger partial charge in [0.05, 0.1) is 6.04 Å². The summed E-state index contributed by atoms with van der Waals surface area (Å²) < 4.78 is 5.99. The molecule has 0 amide bonds. The highest BCUT2D eigenvalue weighted by molar-refractivity contribution is 5.77. The van der Waals surface area contributed by atoms with Crippen molar-refractivity contribution in [3.8, 4) is 0 Å². The minimum Gasteiger partial charge on any atom is -0.459 e. The van der Waals surface area contributed by atoms with Crippen molar-refractivity contribution in [2.75, 3.05) is 13.1 Å². The topological polar surface area (TPSA) is 64.1 Å². The molecule has 1 aromatic carbocycles. The van der Waals surface area contributed by atoms with Crippen LogP contribution in [0.15, 0.2) is 59.3 Å². The quantitative estimate of drug-likeness (QED) is 0.682. The summed E-state index contributed by atoms with van der Waals surface area (Å²) in [6, 6.07) is 14.1. The summed E-state index contributed by atoms with van der Waals surface area (Å²) in [5.41, 5.74) is 7.57. The van der Waals surface area contributed by atoms with Gasteiger partial charge in [0.15, 0.2) is 0 Å². The van der Waals surface area contributed by atoms with Gasteiger partial charge < -0.3 is 15.5 Å². The molecule has 1 atom stereocenters. The third-order valence-corrected chi connectivity index (χ3v) is 3.48. The third-order valence-electron chi connectivity index (χ3n) is 3.48. The lowest BCUT2D eigenvalue weighted by Crippen LogP contribution is -2.24. The number of aromatic nitrogens is 1. The maximum Gasteiger partial charge on any atom is 0.134 e. The van der Waals surface area contributed by atoms with Gasteiger partial charge in [0.1, 0.15) is 11.3 Å². The summed E-state index contributed by atoms with van der Waals surface area (Å²) in [5, 5.41) is 4.61. The van der Waals surface area contributed by atoms with Crippen molar-refractivity contribution in [1.82, 2.24) is 10.3 Å². The number of para-hydroxylation sites is 1. The van der Waals surface area contributed by atoms with E-state index in [1.807, 2.05) is 30.5 Å². The minimum atomic E-state index is -0.00218. The molecular weight excluding hydrogens is 262 g/mol. The van der Waals surface area contributed by atoms with Crippen LogP contribution in [0.4, 0.5) is 0 Å². The van der Waals surface area contributed by atoms with E-state index in [0.29, 0.717) is 6.54 Å². The van der Waals surface area contributed by atoms with Gasteiger partial charge in [0, 0.05) is 17.8 Å². The molecule has 2 aromatic heterocycles. The van der Waals surface area contributed by atoms with Crippen molar-refractivity contribution in [3.63, 3.8) is 0 Å². The fourth-order valence-electron chi connectivity index (χ4n) is 2.42. The van der Waals surface area contributed by atoms with Crippen molar-refractivity contribution in [1.29, 1.82) is 0 Å². The molecule has 3 rings (SSSR count). The Hall–Kier alpha value is -2.17. The van der Waals surface area contributed by atoms with Crippen LogP contribution in [0, 0.1) is 0 Å². The zero-order valence-corrected chi connectivity index (χ0v) is 11.8. The first-order valence-corrected chi connectivity index (χ1v) is 7.20. The van der Waals surface area contributed by atoms with Crippen LogP contribution in [0.2, 0.25) is 0 Å². The van der Waals surface area contributed by atoms with E-state index in [2.05, 4.69) is 28.5 Å². The Labute approximate surface area is 124 Å². The van der Waals surface area contributed by atoms with E-state index in [9.17, 15) is 0 Å². The molecule has 0 radical (unpaired) electrons. The van der Waals surface area contributed by atoms with Gasteiger partial charge in [-0.05, 0) is 43.3 Å². The molecule has 4 heteroatoms. The number of benzene rings is 1. The number of furan rings is 1. The Morgan fingerprint density at radius 1 is 1.19 bits per heavy atom. The van der Waals surface area contributed by atoms with Crippen molar-refractivity contribution >= 4 is 11.0 Å². The Balaban J connectivity index is 1.93. The Morgan fingerprint density at radius 3 is 2.86 bits per heavy atom. The number of rotatable bonds is 6. The van der Waals surface area contributed by atoms with Gasteiger partial charge in [-0.15, -0.1) is 0 Å². The van der Waals surface area contributed by atoms with Crippen LogP contribution in [0.1, 0.15) is 23.8 Å². The number of nitrogens with zero attached hydrogens (tertiary/aromatic N) is 1. The average molecular weight is 281 g/mol. The van der Waals surface area contributed by atoms with Crippen LogP contribution in [0.25, 0.3) is 11.0 Å². The second-order valence-corrected chi connectivity index (χ2v) is 5.00. The molecule has 0 aliphatic heterocycles. The van der Waals surface area contributed by atoms with Gasteiger partial charge in [-0.2, -0.15) is 0 Å². The first kappa shape index (κ1) is 13.8. The summed E-state index contributed by atoms with van der Waals surface area (Å²) in [6.07, 6.45) is 4.57. The molecular formula is C17H19N3O. The molecule has 1 unspecified atom stereocenters. The van der Waals surface area contributed by atoms with Gasteiger partial charge in [-0.1, -0.05) is 24.3 Å². The first-order valence-electron chi connectivity index (χ1n) is 7.20. The molecule has 2 heterocycles. The zero-order valence-electron chi connectivity index (χ0n) is 11.8. The lowest BCUT2D eigenvalue weighted by molar-refractivity contribution is 0.467. The van der Waals surface area contributed by atoms with E-state index in [4.69, 9.17) is 10.2 Å². The van der Waals surface area contributed by atoms with E-state index < -0.39 is 0 Å². The van der Waals surface area contributed by atoms with E-state index in [0.717, 1.165) is 35.3 Å². The molecule has 3 N–H and O–H groups in total. The molecule has 0 aliphatic rings. The van der Waals surface area contributed by atoms with Crippen molar-refractivity contribution < 1.29 is 4.42 Å². The standard InChI is InChI=1S/C17H19N3O/c18-8-4-10-20-17(14-6-3-9-19-12-14)16-11-13-5-1-2-7-15(13)21-16/h1-3,5-7,9,11-12,17,20H,4,8,10,18H2. The molecule has 4 nitrogen and oxygen atoms in total. The second-order valence-electron chi connectivity index (χ2n) is 5.00. The third kappa shape index (κ3) is 3.12. The maximum atomic E-state index is 5.99. The summed E-state index contributed by atoms with van der Waals surface area (Å²) in [4.78, 5) is 4.21. The van der Waals surface area contributed by atoms with E-state index in [1.54, 1.807) is 6.20 Å². The van der Waals surface area contributed by atoms with Gasteiger partial charge in [0.25, 0.3) is 0 Å². The molecule has 3 aromatic rings. The van der Waals surface area contributed by atoms with E-state index in [1.165, 1.54) is 0 Å². The largest absolute Gasteiger partial charge is 0.459 e. The van der Waals surface area contributed by atoms with Crippen molar-refractivity contribution in [2.24, 2.45) is 5.73 Å². The Bertz CT molecular complexity index is 660. The number of hydrogen-bond donors (Lipinski definition) is 2. The molecule has 0 spiro atoms. The van der Waals surface area contributed by atoms with E-state index >= 15 is 0 Å². The molecule has 0 saturated carbocycles. The number of fused-ring (bicyclic) bond motifs is 1. The summed E-state index contributed by atoms with van der Waals surface area (Å²) in [5.74, 6) is 0.904. The molecule has 0 saturated heterocycles. The number of hydrogen-bond acceptors (Lipinski definition) is 4. The van der Waals surface area contributed by atoms with Gasteiger partial charge >= 0.3 is 0 Å². The minimum absolute atomic E-state index is 0.00218. The SMILES string of the molecule is NCCCNC(c1cccnc1)c1cc2ccccc2o1. The van der Waals surface area contributed by atoms with Gasteiger partial charge in [-0.25, -0.2) is 0 Å². The lowest BCUT2D eigenvalue weighted by Gasteiger charge is -2.16. The summed E-state index contributed by atoms with van der Waals surface area (Å²) in [6.45, 7) is 1.51. The number of pyridine rings is 1. The van der Waals surface area contributed by atoms with Crippen LogP contribution in [-0.2, 0) is 0 Å². The highest BCUT2D eigenvalue weighted by atomic mass is 16.3. The van der Waals surface area contributed by atoms with Crippen LogP contribution < -0.4 is 11.1 Å². The molecule has 21 heavy (non-hydrogen) atoms. The fourth-order valence-corrected chi connectivity index (χ4v) is 2.42. The first-order chi connectivity index (χ1) is 10.4. The van der Waals surface area contributed by atoms with Crippen LogP contribution in [-0.4, -0.2) is 18.1 Å². The highest BCUT2D eigenvalue weighted by Gasteiger charge is 2.18. The van der Waals surface area contributed by atoms with E-state index in [-0.39, 0.29) is 6.04 Å². The van der Waals surface area contributed by atoms with Crippen LogP contribution in [0.5, 0.6) is 0 Å². The van der Waals surface area contributed by atoms with Crippen molar-refractivity contribution in [2.45, 2.75) is 12.5 Å². The molecule has 0 bridgehead atoms. The van der Waals surface area contributed by atoms with Crippen LogP contribution >= 0.6 is 0 Å². The maximum absolute atomic E-state index is 5.99. The Morgan fingerprint density at radius 2 is 2.10 bits per heavy atom. The van der Waals surface area contributed by atoms with Crippen molar-refractivity contribution in [3.05, 3.63) is 66.2 Å². The predicted octanol–water partition coefficient (Wildman–Crippen LogP) is 2.86. The van der Waals surface area contributed by atoms with Gasteiger partial charge in [-0.3, -0.25) is 4.98 Å². The molecule has 0 aliphatic carbocycles. The lowest BCUT2D eigenvalue weighted by atomic mass is 10.1. The second kappa shape index (κ2) is 6.52. The smallest absolute Gasteiger partial charge is 0.134 e. The monoisotopic (exact) mass is 281 g/mol. The molecule has 108 valence electrons. The normalized spacial score (nSPS) is 12.6. The Kier molecular flexibility index (Phi) is 4.28. The molecule has 0 fully saturated rings. The summed E-state index contributed by atoms with van der Waals surface area (Å²) >= 11 is 0. The number of nitrogens with one attached hydrogen (secondary N) is 1. The summed E-state index contributed by atoms with van der Waals surface area (Å²) in [7, 11) is 0.